The number of nitrogens with one attached hydrogen (secondary N) is 1. The van der Waals surface area contributed by atoms with Gasteiger partial charge in [0.15, 0.2) is 0 Å². The van der Waals surface area contributed by atoms with Gasteiger partial charge >= 0.3 is 0 Å². The van der Waals surface area contributed by atoms with Crippen molar-refractivity contribution in [3.8, 4) is 6.07 Å². The summed E-state index contributed by atoms with van der Waals surface area (Å²) in [5.74, 6) is -0.204. The molecule has 1 N–H and O–H groups in total. The van der Waals surface area contributed by atoms with E-state index >= 15 is 0 Å². The fourth-order valence-electron chi connectivity index (χ4n) is 1.28. The molecule has 0 spiro atoms. The highest BCUT2D eigenvalue weighted by Gasteiger charge is 2.08. The molecule has 0 aliphatic carbocycles. The van der Waals surface area contributed by atoms with Gasteiger partial charge in [0.2, 0.25) is 0 Å². The zero-order valence-electron chi connectivity index (χ0n) is 8.13. The Labute approximate surface area is 83.4 Å². The van der Waals surface area contributed by atoms with Crippen molar-refractivity contribution in [3.63, 3.8) is 0 Å². The van der Waals surface area contributed by atoms with E-state index in [9.17, 15) is 4.39 Å². The lowest BCUT2D eigenvalue weighted by molar-refractivity contribution is 0.534. The minimum absolute atomic E-state index is 0.0513. The van der Waals surface area contributed by atoms with Gasteiger partial charge in [0.25, 0.3) is 0 Å². The third-order valence-electron chi connectivity index (χ3n) is 2.06. The van der Waals surface area contributed by atoms with E-state index < -0.39 is 0 Å². The van der Waals surface area contributed by atoms with E-state index in [2.05, 4.69) is 5.32 Å². The van der Waals surface area contributed by atoms with E-state index in [0.29, 0.717) is 18.5 Å². The Morgan fingerprint density at radius 2 is 2.21 bits per heavy atom. The van der Waals surface area contributed by atoms with Gasteiger partial charge in [-0.25, -0.2) is 4.39 Å². The molecule has 1 rings (SSSR count). The fraction of sp³-hybridized carbons (Fsp3) is 0.364. The number of nitrogens with zero attached hydrogens (tertiary/aromatic N) is 1. The quantitative estimate of drug-likeness (QED) is 0.743. The SMILES string of the molecule is C[C@@H](NCCC#N)c1ccccc1F. The van der Waals surface area contributed by atoms with Gasteiger partial charge in [-0.05, 0) is 13.0 Å². The lowest BCUT2D eigenvalue weighted by Crippen LogP contribution is -2.20. The number of hydrogen-bond acceptors (Lipinski definition) is 2. The number of hydrogen-bond donors (Lipinski definition) is 1. The molecule has 0 unspecified atom stereocenters. The molecule has 1 atom stereocenters. The van der Waals surface area contributed by atoms with Gasteiger partial charge in [-0.15, -0.1) is 0 Å². The summed E-state index contributed by atoms with van der Waals surface area (Å²) in [5, 5.41) is 11.4. The molecule has 0 aliphatic heterocycles. The van der Waals surface area contributed by atoms with Crippen LogP contribution in [0.2, 0.25) is 0 Å². The van der Waals surface area contributed by atoms with Crippen molar-refractivity contribution in [2.75, 3.05) is 6.54 Å². The second kappa shape index (κ2) is 5.36. The van der Waals surface area contributed by atoms with Gasteiger partial charge in [0, 0.05) is 24.6 Å². The van der Waals surface area contributed by atoms with Crippen molar-refractivity contribution in [1.29, 1.82) is 5.26 Å². The maximum Gasteiger partial charge on any atom is 0.127 e. The van der Waals surface area contributed by atoms with Crippen molar-refractivity contribution in [2.24, 2.45) is 0 Å². The van der Waals surface area contributed by atoms with Crippen LogP contribution >= 0.6 is 0 Å². The molecule has 74 valence electrons. The minimum atomic E-state index is -0.204. The molecule has 0 amide bonds. The Morgan fingerprint density at radius 3 is 2.86 bits per heavy atom. The normalized spacial score (nSPS) is 12.1. The molecule has 0 heterocycles. The van der Waals surface area contributed by atoms with Crippen LogP contribution in [0.3, 0.4) is 0 Å². The first-order chi connectivity index (χ1) is 6.75. The monoisotopic (exact) mass is 192 g/mol. The molecule has 0 fully saturated rings. The first-order valence-corrected chi connectivity index (χ1v) is 4.60. The maximum absolute atomic E-state index is 13.2. The third-order valence-corrected chi connectivity index (χ3v) is 2.06. The summed E-state index contributed by atoms with van der Waals surface area (Å²) in [4.78, 5) is 0. The molecule has 2 nitrogen and oxygen atoms in total. The summed E-state index contributed by atoms with van der Waals surface area (Å²) in [6.07, 6.45) is 0.443. The van der Waals surface area contributed by atoms with Crippen molar-refractivity contribution in [3.05, 3.63) is 35.6 Å². The summed E-state index contributed by atoms with van der Waals surface area (Å²) < 4.78 is 13.2. The topological polar surface area (TPSA) is 35.8 Å². The molecule has 0 aromatic heterocycles. The number of halogens is 1. The van der Waals surface area contributed by atoms with E-state index in [-0.39, 0.29) is 11.9 Å². The lowest BCUT2D eigenvalue weighted by atomic mass is 10.1. The van der Waals surface area contributed by atoms with Crippen molar-refractivity contribution < 1.29 is 4.39 Å². The van der Waals surface area contributed by atoms with Crippen LogP contribution in [0.1, 0.15) is 24.9 Å². The highest BCUT2D eigenvalue weighted by atomic mass is 19.1. The van der Waals surface area contributed by atoms with Crippen LogP contribution in [0.4, 0.5) is 4.39 Å². The first-order valence-electron chi connectivity index (χ1n) is 4.60. The number of benzene rings is 1. The second-order valence-electron chi connectivity index (χ2n) is 3.11. The van der Waals surface area contributed by atoms with Crippen LogP contribution in [-0.4, -0.2) is 6.54 Å². The largest absolute Gasteiger partial charge is 0.309 e. The summed E-state index contributed by atoms with van der Waals surface area (Å²) in [6, 6.07) is 8.65. The Morgan fingerprint density at radius 1 is 1.50 bits per heavy atom. The smallest absolute Gasteiger partial charge is 0.127 e. The maximum atomic E-state index is 13.2. The predicted molar refractivity (Wildman–Crippen MR) is 53.0 cm³/mol. The Hall–Kier alpha value is -1.40. The van der Waals surface area contributed by atoms with Gasteiger partial charge in [0.1, 0.15) is 5.82 Å². The molecule has 0 saturated heterocycles. The summed E-state index contributed by atoms with van der Waals surface area (Å²) >= 11 is 0. The van der Waals surface area contributed by atoms with Gasteiger partial charge in [0.05, 0.1) is 6.07 Å². The highest BCUT2D eigenvalue weighted by Crippen LogP contribution is 2.15. The molecule has 0 saturated carbocycles. The van der Waals surface area contributed by atoms with Gasteiger partial charge in [-0.2, -0.15) is 5.26 Å². The van der Waals surface area contributed by atoms with Crippen LogP contribution < -0.4 is 5.32 Å². The standard InChI is InChI=1S/C11H13FN2/c1-9(14-8-4-7-13)10-5-2-3-6-11(10)12/h2-3,5-6,9,14H,4,8H2,1H3/t9-/m1/s1. The molecule has 1 aromatic carbocycles. The summed E-state index contributed by atoms with van der Waals surface area (Å²) in [7, 11) is 0. The van der Waals surface area contributed by atoms with E-state index in [0.717, 1.165) is 0 Å². The Bertz CT molecular complexity index is 330. The molecular formula is C11H13FN2. The van der Waals surface area contributed by atoms with E-state index in [1.807, 2.05) is 13.0 Å². The molecule has 0 radical (unpaired) electrons. The van der Waals surface area contributed by atoms with Crippen LogP contribution in [0, 0.1) is 17.1 Å². The molecule has 0 aliphatic rings. The average molecular weight is 192 g/mol. The van der Waals surface area contributed by atoms with Gasteiger partial charge in [-0.3, -0.25) is 0 Å². The summed E-state index contributed by atoms with van der Waals surface area (Å²) in [6.45, 7) is 2.47. The molecule has 1 aromatic rings. The predicted octanol–water partition coefficient (Wildman–Crippen LogP) is 2.39. The van der Waals surface area contributed by atoms with Gasteiger partial charge < -0.3 is 5.32 Å². The van der Waals surface area contributed by atoms with Crippen LogP contribution in [-0.2, 0) is 0 Å². The molecule has 3 heteroatoms. The Balaban J connectivity index is 2.57. The van der Waals surface area contributed by atoms with Crippen molar-refractivity contribution >= 4 is 0 Å². The highest BCUT2D eigenvalue weighted by molar-refractivity contribution is 5.20. The summed E-state index contributed by atoms with van der Waals surface area (Å²) in [5.41, 5.74) is 0.644. The molecule has 0 bridgehead atoms. The van der Waals surface area contributed by atoms with Crippen molar-refractivity contribution in [2.45, 2.75) is 19.4 Å². The fourth-order valence-corrected chi connectivity index (χ4v) is 1.28. The first kappa shape index (κ1) is 10.7. The average Bonchev–Trinajstić information content (AvgIpc) is 2.18. The van der Waals surface area contributed by atoms with E-state index in [1.165, 1.54) is 6.07 Å². The van der Waals surface area contributed by atoms with Gasteiger partial charge in [-0.1, -0.05) is 18.2 Å². The van der Waals surface area contributed by atoms with Crippen LogP contribution in [0.25, 0.3) is 0 Å². The van der Waals surface area contributed by atoms with E-state index in [1.54, 1.807) is 18.2 Å². The molecular weight excluding hydrogens is 179 g/mol. The number of nitriles is 1. The van der Waals surface area contributed by atoms with Crippen LogP contribution in [0.5, 0.6) is 0 Å². The lowest BCUT2D eigenvalue weighted by Gasteiger charge is -2.13. The van der Waals surface area contributed by atoms with E-state index in [4.69, 9.17) is 5.26 Å². The van der Waals surface area contributed by atoms with Crippen molar-refractivity contribution in [1.82, 2.24) is 5.32 Å². The van der Waals surface area contributed by atoms with Crippen LogP contribution in [0.15, 0.2) is 24.3 Å². The molecule has 14 heavy (non-hydrogen) atoms. The zero-order valence-corrected chi connectivity index (χ0v) is 8.13. The Kier molecular flexibility index (Phi) is 4.09. The third kappa shape index (κ3) is 2.82. The second-order valence-corrected chi connectivity index (χ2v) is 3.11. The zero-order chi connectivity index (χ0) is 10.4. The minimum Gasteiger partial charge on any atom is -0.309 e. The number of rotatable bonds is 4.